The first-order valence-electron chi connectivity index (χ1n) is 7.10. The van der Waals surface area contributed by atoms with Gasteiger partial charge in [-0.15, -0.1) is 0 Å². The third-order valence-corrected chi connectivity index (χ3v) is 6.62. The molecule has 0 unspecified atom stereocenters. The highest BCUT2D eigenvalue weighted by molar-refractivity contribution is 7.89. The normalized spacial score (nSPS) is 16.5. The molecule has 3 rings (SSSR count). The molecule has 8 heteroatoms. The van der Waals surface area contributed by atoms with Gasteiger partial charge in [0.25, 0.3) is 0 Å². The summed E-state index contributed by atoms with van der Waals surface area (Å²) < 4.78 is 26.9. The smallest absolute Gasteiger partial charge is 0.244 e. The lowest BCUT2D eigenvalue weighted by atomic mass is 10.3. The van der Waals surface area contributed by atoms with Crippen molar-refractivity contribution in [2.75, 3.05) is 31.1 Å². The van der Waals surface area contributed by atoms with Crippen molar-refractivity contribution in [3.63, 3.8) is 0 Å². The predicted molar refractivity (Wildman–Crippen MR) is 91.7 cm³/mol. The molecule has 0 atom stereocenters. The maximum absolute atomic E-state index is 12.8. The highest BCUT2D eigenvalue weighted by atomic mass is 35.5. The Morgan fingerprint density at radius 1 is 0.957 bits per heavy atom. The second-order valence-electron chi connectivity index (χ2n) is 5.13. The van der Waals surface area contributed by atoms with Gasteiger partial charge >= 0.3 is 0 Å². The maximum Gasteiger partial charge on any atom is 0.244 e. The Morgan fingerprint density at radius 2 is 1.70 bits per heavy atom. The Balaban J connectivity index is 1.78. The van der Waals surface area contributed by atoms with E-state index in [1.807, 2.05) is 18.2 Å². The van der Waals surface area contributed by atoms with E-state index in [-0.39, 0.29) is 14.9 Å². The van der Waals surface area contributed by atoms with Crippen molar-refractivity contribution in [2.45, 2.75) is 4.90 Å². The highest BCUT2D eigenvalue weighted by Crippen LogP contribution is 2.31. The quantitative estimate of drug-likeness (QED) is 0.832. The molecule has 1 aromatic carbocycles. The van der Waals surface area contributed by atoms with Gasteiger partial charge < -0.3 is 4.90 Å². The number of halogens is 2. The lowest BCUT2D eigenvalue weighted by Gasteiger charge is -2.34. The zero-order chi connectivity index (χ0) is 16.4. The Kier molecular flexibility index (Phi) is 4.77. The number of rotatable bonds is 3. The van der Waals surface area contributed by atoms with Crippen molar-refractivity contribution in [3.05, 3.63) is 52.6 Å². The molecule has 0 amide bonds. The van der Waals surface area contributed by atoms with Gasteiger partial charge in [-0.2, -0.15) is 4.31 Å². The van der Waals surface area contributed by atoms with Crippen LogP contribution in [0, 0.1) is 0 Å². The third-order valence-electron chi connectivity index (χ3n) is 3.75. The number of nitrogens with zero attached hydrogens (tertiary/aromatic N) is 3. The fraction of sp³-hybridized carbons (Fsp3) is 0.267. The molecule has 1 fully saturated rings. The number of anilines is 1. The fourth-order valence-corrected chi connectivity index (χ4v) is 4.68. The second-order valence-corrected chi connectivity index (χ2v) is 7.82. The number of sulfonamides is 1. The van der Waals surface area contributed by atoms with Gasteiger partial charge in [0.2, 0.25) is 10.0 Å². The summed E-state index contributed by atoms with van der Waals surface area (Å²) in [5.74, 6) is 0.852. The van der Waals surface area contributed by atoms with E-state index in [9.17, 15) is 8.42 Å². The van der Waals surface area contributed by atoms with E-state index in [0.717, 1.165) is 5.82 Å². The van der Waals surface area contributed by atoms with Crippen LogP contribution >= 0.6 is 23.2 Å². The molecule has 0 radical (unpaired) electrons. The number of benzene rings is 1. The average molecular weight is 372 g/mol. The van der Waals surface area contributed by atoms with Crippen molar-refractivity contribution in [1.29, 1.82) is 0 Å². The lowest BCUT2D eigenvalue weighted by Crippen LogP contribution is -2.48. The molecule has 0 saturated carbocycles. The number of piperazine rings is 1. The first-order chi connectivity index (χ1) is 11.0. The molecule has 2 heterocycles. The summed E-state index contributed by atoms with van der Waals surface area (Å²) >= 11 is 12.0. The summed E-state index contributed by atoms with van der Waals surface area (Å²) in [5, 5.41) is 0.307. The van der Waals surface area contributed by atoms with Gasteiger partial charge in [-0.25, -0.2) is 13.4 Å². The third kappa shape index (κ3) is 3.30. The molecule has 1 saturated heterocycles. The largest absolute Gasteiger partial charge is 0.354 e. The van der Waals surface area contributed by atoms with Crippen molar-refractivity contribution < 1.29 is 8.42 Å². The zero-order valence-corrected chi connectivity index (χ0v) is 14.5. The Labute approximate surface area is 145 Å². The molecule has 2 aromatic rings. The van der Waals surface area contributed by atoms with Crippen LogP contribution in [0.3, 0.4) is 0 Å². The SMILES string of the molecule is O=S(=O)(c1cccc(Cl)c1Cl)N1CCN(c2ccccn2)CC1. The van der Waals surface area contributed by atoms with E-state index in [4.69, 9.17) is 23.2 Å². The van der Waals surface area contributed by atoms with Crippen molar-refractivity contribution in [3.8, 4) is 0 Å². The van der Waals surface area contributed by atoms with Crippen molar-refractivity contribution in [2.24, 2.45) is 0 Å². The number of hydrogen-bond donors (Lipinski definition) is 0. The van der Waals surface area contributed by atoms with E-state index < -0.39 is 10.0 Å². The summed E-state index contributed by atoms with van der Waals surface area (Å²) in [6.07, 6.45) is 1.73. The monoisotopic (exact) mass is 371 g/mol. The van der Waals surface area contributed by atoms with Crippen molar-refractivity contribution >= 4 is 39.0 Å². The Hall–Kier alpha value is -1.34. The summed E-state index contributed by atoms with van der Waals surface area (Å²) in [4.78, 5) is 6.41. The van der Waals surface area contributed by atoms with Crippen LogP contribution in [-0.4, -0.2) is 43.9 Å². The van der Waals surface area contributed by atoms with Gasteiger partial charge in [0.05, 0.1) is 10.0 Å². The van der Waals surface area contributed by atoms with Gasteiger partial charge in [0.1, 0.15) is 10.7 Å². The van der Waals surface area contributed by atoms with Gasteiger partial charge in [-0.3, -0.25) is 0 Å². The van der Waals surface area contributed by atoms with E-state index >= 15 is 0 Å². The molecule has 1 aromatic heterocycles. The molecule has 0 spiro atoms. The van der Waals surface area contributed by atoms with Crippen LogP contribution in [0.4, 0.5) is 5.82 Å². The van der Waals surface area contributed by atoms with Gasteiger partial charge in [-0.05, 0) is 24.3 Å². The van der Waals surface area contributed by atoms with E-state index in [0.29, 0.717) is 26.2 Å². The summed E-state index contributed by atoms with van der Waals surface area (Å²) in [6, 6.07) is 10.3. The van der Waals surface area contributed by atoms with Crippen LogP contribution in [0.25, 0.3) is 0 Å². The molecule has 122 valence electrons. The van der Waals surface area contributed by atoms with Crippen LogP contribution < -0.4 is 4.90 Å². The highest BCUT2D eigenvalue weighted by Gasteiger charge is 2.30. The summed E-state index contributed by atoms with van der Waals surface area (Å²) in [5.41, 5.74) is 0. The standard InChI is InChI=1S/C15H15Cl2N3O2S/c16-12-4-3-5-13(15(12)17)23(21,22)20-10-8-19(9-11-20)14-6-1-2-7-18-14/h1-7H,8-11H2. The molecule has 0 bridgehead atoms. The van der Waals surface area contributed by atoms with Crippen molar-refractivity contribution in [1.82, 2.24) is 9.29 Å². The topological polar surface area (TPSA) is 53.5 Å². The van der Waals surface area contributed by atoms with Gasteiger partial charge in [-0.1, -0.05) is 35.3 Å². The Bertz CT molecular complexity index is 792. The summed E-state index contributed by atoms with van der Waals surface area (Å²) in [7, 11) is -3.65. The molecule has 5 nitrogen and oxygen atoms in total. The number of pyridine rings is 1. The average Bonchev–Trinajstić information content (AvgIpc) is 2.58. The van der Waals surface area contributed by atoms with Crippen LogP contribution in [-0.2, 0) is 10.0 Å². The van der Waals surface area contributed by atoms with E-state index in [1.54, 1.807) is 18.3 Å². The predicted octanol–water partition coefficient (Wildman–Crippen LogP) is 2.90. The molecule has 23 heavy (non-hydrogen) atoms. The molecule has 1 aliphatic heterocycles. The number of aromatic nitrogens is 1. The maximum atomic E-state index is 12.8. The minimum Gasteiger partial charge on any atom is -0.354 e. The molecule has 1 aliphatic rings. The molecular weight excluding hydrogens is 357 g/mol. The molecule has 0 N–H and O–H groups in total. The first kappa shape index (κ1) is 16.5. The van der Waals surface area contributed by atoms with Crippen LogP contribution in [0.5, 0.6) is 0 Å². The second kappa shape index (κ2) is 6.65. The minimum absolute atomic E-state index is 0.0537. The van der Waals surface area contributed by atoms with Gasteiger partial charge in [0.15, 0.2) is 0 Å². The van der Waals surface area contributed by atoms with Crippen LogP contribution in [0.2, 0.25) is 10.0 Å². The van der Waals surface area contributed by atoms with Crippen LogP contribution in [0.15, 0.2) is 47.5 Å². The van der Waals surface area contributed by atoms with Crippen LogP contribution in [0.1, 0.15) is 0 Å². The minimum atomic E-state index is -3.65. The zero-order valence-electron chi connectivity index (χ0n) is 12.2. The first-order valence-corrected chi connectivity index (χ1v) is 9.30. The molecule has 0 aliphatic carbocycles. The lowest BCUT2D eigenvalue weighted by molar-refractivity contribution is 0.384. The molecular formula is C15H15Cl2N3O2S. The Morgan fingerprint density at radius 3 is 2.35 bits per heavy atom. The fourth-order valence-electron chi connectivity index (χ4n) is 2.52. The summed E-state index contributed by atoms with van der Waals surface area (Å²) in [6.45, 7) is 1.91. The number of hydrogen-bond acceptors (Lipinski definition) is 4. The van der Waals surface area contributed by atoms with E-state index in [2.05, 4.69) is 9.88 Å². The van der Waals surface area contributed by atoms with Gasteiger partial charge in [0, 0.05) is 32.4 Å². The van der Waals surface area contributed by atoms with E-state index in [1.165, 1.54) is 10.4 Å².